The number of benzene rings is 1. The van der Waals surface area contributed by atoms with E-state index in [0.29, 0.717) is 4.47 Å². The van der Waals surface area contributed by atoms with Crippen molar-refractivity contribution in [1.82, 2.24) is 4.90 Å². The Morgan fingerprint density at radius 2 is 2.20 bits per heavy atom. The van der Waals surface area contributed by atoms with Crippen molar-refractivity contribution in [3.8, 4) is 18.1 Å². The minimum absolute atomic E-state index is 0.126. The summed E-state index contributed by atoms with van der Waals surface area (Å²) in [6.45, 7) is -1.02. The van der Waals surface area contributed by atoms with Crippen LogP contribution in [0.4, 0.5) is 4.39 Å². The number of hydrogen-bond donors (Lipinski definition) is 1. The first kappa shape index (κ1) is 16.0. The molecule has 0 radical (unpaired) electrons. The first-order valence-electron chi connectivity index (χ1n) is 5.45. The fraction of sp³-hybridized carbons (Fsp3) is 0.231. The predicted octanol–water partition coefficient (Wildman–Crippen LogP) is 1.51. The molecule has 0 aliphatic heterocycles. The van der Waals surface area contributed by atoms with Crippen molar-refractivity contribution in [1.29, 1.82) is 0 Å². The molecule has 5 nitrogen and oxygen atoms in total. The van der Waals surface area contributed by atoms with Crippen molar-refractivity contribution in [2.24, 2.45) is 0 Å². The maximum Gasteiger partial charge on any atom is 0.323 e. The Morgan fingerprint density at radius 3 is 2.75 bits per heavy atom. The van der Waals surface area contributed by atoms with Gasteiger partial charge in [0.1, 0.15) is 18.1 Å². The van der Waals surface area contributed by atoms with Gasteiger partial charge in [0.15, 0.2) is 6.61 Å². The molecule has 1 aromatic carbocycles. The molecule has 0 unspecified atom stereocenters. The Balaban J connectivity index is 2.64. The Morgan fingerprint density at radius 1 is 1.50 bits per heavy atom. The van der Waals surface area contributed by atoms with E-state index in [2.05, 4.69) is 21.9 Å². The van der Waals surface area contributed by atoms with Crippen LogP contribution in [0.15, 0.2) is 22.7 Å². The summed E-state index contributed by atoms with van der Waals surface area (Å²) in [4.78, 5) is 23.3. The number of halogens is 2. The second-order valence-corrected chi connectivity index (χ2v) is 4.57. The van der Waals surface area contributed by atoms with Crippen LogP contribution in [0, 0.1) is 18.2 Å². The average molecular weight is 344 g/mol. The van der Waals surface area contributed by atoms with E-state index >= 15 is 0 Å². The lowest BCUT2D eigenvalue weighted by atomic mass is 10.3. The van der Waals surface area contributed by atoms with Crippen LogP contribution in [0.1, 0.15) is 0 Å². The third-order valence-corrected chi connectivity index (χ3v) is 2.83. The summed E-state index contributed by atoms with van der Waals surface area (Å²) < 4.78 is 18.4. The summed E-state index contributed by atoms with van der Waals surface area (Å²) >= 11 is 3.09. The number of terminal acetylenes is 1. The number of carboxylic acids is 1. The van der Waals surface area contributed by atoms with Gasteiger partial charge in [-0.25, -0.2) is 4.39 Å². The van der Waals surface area contributed by atoms with Crippen molar-refractivity contribution in [2.75, 3.05) is 19.7 Å². The normalized spacial score (nSPS) is 9.65. The molecule has 106 valence electrons. The van der Waals surface area contributed by atoms with Crippen LogP contribution in [-0.2, 0) is 9.59 Å². The second kappa shape index (κ2) is 7.50. The van der Waals surface area contributed by atoms with Crippen LogP contribution in [0.5, 0.6) is 5.75 Å². The molecule has 0 saturated carbocycles. The van der Waals surface area contributed by atoms with Crippen LogP contribution in [0.3, 0.4) is 0 Å². The lowest BCUT2D eigenvalue weighted by Gasteiger charge is -2.18. The minimum Gasteiger partial charge on any atom is -0.483 e. The second-order valence-electron chi connectivity index (χ2n) is 3.71. The van der Waals surface area contributed by atoms with Gasteiger partial charge in [-0.05, 0) is 34.1 Å². The molecule has 7 heteroatoms. The average Bonchev–Trinajstić information content (AvgIpc) is 2.36. The molecule has 0 aromatic heterocycles. The number of ether oxygens (including phenoxy) is 1. The number of carboxylic acid groups (broad SMARTS) is 1. The zero-order valence-electron chi connectivity index (χ0n) is 10.3. The molecule has 0 spiro atoms. The lowest BCUT2D eigenvalue weighted by Crippen LogP contribution is -2.39. The van der Waals surface area contributed by atoms with Crippen LogP contribution < -0.4 is 4.74 Å². The van der Waals surface area contributed by atoms with Crippen LogP contribution >= 0.6 is 15.9 Å². The molecular formula is C13H11BrFNO4. The highest BCUT2D eigenvalue weighted by Gasteiger charge is 2.16. The molecule has 0 heterocycles. The fourth-order valence-corrected chi connectivity index (χ4v) is 1.79. The molecule has 0 saturated heterocycles. The van der Waals surface area contributed by atoms with Gasteiger partial charge in [0.25, 0.3) is 5.91 Å². The Kier molecular flexibility index (Phi) is 6.00. The van der Waals surface area contributed by atoms with E-state index < -0.39 is 24.2 Å². The molecule has 0 aliphatic carbocycles. The smallest absolute Gasteiger partial charge is 0.323 e. The first-order valence-corrected chi connectivity index (χ1v) is 6.24. The van der Waals surface area contributed by atoms with Crippen molar-refractivity contribution in [3.63, 3.8) is 0 Å². The predicted molar refractivity (Wildman–Crippen MR) is 72.6 cm³/mol. The first-order chi connectivity index (χ1) is 9.43. The van der Waals surface area contributed by atoms with Crippen molar-refractivity contribution >= 4 is 27.8 Å². The van der Waals surface area contributed by atoms with Crippen molar-refractivity contribution in [2.45, 2.75) is 0 Å². The van der Waals surface area contributed by atoms with Gasteiger partial charge in [0.05, 0.1) is 11.0 Å². The summed E-state index contributed by atoms with van der Waals surface area (Å²) in [5.74, 6) is 0.286. The molecule has 1 aromatic rings. The summed E-state index contributed by atoms with van der Waals surface area (Å²) in [7, 11) is 0. The highest BCUT2D eigenvalue weighted by Crippen LogP contribution is 2.25. The quantitative estimate of drug-likeness (QED) is 0.795. The van der Waals surface area contributed by atoms with E-state index in [9.17, 15) is 14.0 Å². The topological polar surface area (TPSA) is 66.8 Å². The van der Waals surface area contributed by atoms with E-state index in [1.54, 1.807) is 0 Å². The number of carbonyl (C=O) groups excluding carboxylic acids is 1. The zero-order chi connectivity index (χ0) is 15.1. The summed E-state index contributed by atoms with van der Waals surface area (Å²) in [6.07, 6.45) is 5.06. The Labute approximate surface area is 123 Å². The van der Waals surface area contributed by atoms with Gasteiger partial charge in [-0.3, -0.25) is 9.59 Å². The van der Waals surface area contributed by atoms with Crippen LogP contribution in [0.2, 0.25) is 0 Å². The molecule has 0 atom stereocenters. The molecular weight excluding hydrogens is 333 g/mol. The summed E-state index contributed by atoms with van der Waals surface area (Å²) in [6, 6.07) is 3.73. The lowest BCUT2D eigenvalue weighted by molar-refractivity contribution is -0.144. The Hall–Kier alpha value is -2.07. The van der Waals surface area contributed by atoms with Gasteiger partial charge >= 0.3 is 5.97 Å². The van der Waals surface area contributed by atoms with E-state index in [1.807, 2.05) is 0 Å². The van der Waals surface area contributed by atoms with Crippen molar-refractivity contribution in [3.05, 3.63) is 28.5 Å². The van der Waals surface area contributed by atoms with Gasteiger partial charge in [0.2, 0.25) is 0 Å². The fourth-order valence-electron chi connectivity index (χ4n) is 1.33. The van der Waals surface area contributed by atoms with Gasteiger partial charge in [-0.15, -0.1) is 6.42 Å². The number of carbonyl (C=O) groups is 2. The third-order valence-electron chi connectivity index (χ3n) is 2.21. The largest absolute Gasteiger partial charge is 0.483 e. The summed E-state index contributed by atoms with van der Waals surface area (Å²) in [5.41, 5.74) is 0. The maximum atomic E-state index is 12.9. The van der Waals surface area contributed by atoms with E-state index in [1.165, 1.54) is 18.2 Å². The summed E-state index contributed by atoms with van der Waals surface area (Å²) in [5, 5.41) is 8.67. The van der Waals surface area contributed by atoms with E-state index in [-0.39, 0.29) is 18.9 Å². The number of rotatable bonds is 6. The molecule has 1 N–H and O–H groups in total. The van der Waals surface area contributed by atoms with Crippen molar-refractivity contribution < 1.29 is 23.8 Å². The molecule has 0 fully saturated rings. The minimum atomic E-state index is -1.17. The van der Waals surface area contributed by atoms with Crippen LogP contribution in [-0.4, -0.2) is 41.6 Å². The molecule has 0 bridgehead atoms. The van der Waals surface area contributed by atoms with E-state index in [4.69, 9.17) is 16.3 Å². The molecule has 20 heavy (non-hydrogen) atoms. The number of amides is 1. The van der Waals surface area contributed by atoms with Gasteiger partial charge in [-0.2, -0.15) is 0 Å². The van der Waals surface area contributed by atoms with E-state index in [0.717, 1.165) is 4.90 Å². The highest BCUT2D eigenvalue weighted by atomic mass is 79.9. The van der Waals surface area contributed by atoms with Gasteiger partial charge in [-0.1, -0.05) is 5.92 Å². The zero-order valence-corrected chi connectivity index (χ0v) is 11.9. The SMILES string of the molecule is C#CCN(CC(=O)O)C(=O)COc1ccc(F)cc1Br. The van der Waals surface area contributed by atoms with Gasteiger partial charge in [0, 0.05) is 0 Å². The number of aliphatic carboxylic acids is 1. The van der Waals surface area contributed by atoms with Gasteiger partial charge < -0.3 is 14.7 Å². The molecule has 1 amide bonds. The standard InChI is InChI=1S/C13H11BrFNO4/c1-2-5-16(7-13(18)19)12(17)8-20-11-4-3-9(15)6-10(11)14/h1,3-4,6H,5,7-8H2,(H,18,19). The number of hydrogen-bond acceptors (Lipinski definition) is 3. The third kappa shape index (κ3) is 4.90. The Bertz CT molecular complexity index is 556. The molecule has 0 aliphatic rings. The van der Waals surface area contributed by atoms with Crippen LogP contribution in [0.25, 0.3) is 0 Å². The molecule has 1 rings (SSSR count). The number of nitrogens with zero attached hydrogens (tertiary/aromatic N) is 1. The highest BCUT2D eigenvalue weighted by molar-refractivity contribution is 9.10. The maximum absolute atomic E-state index is 12.9. The monoisotopic (exact) mass is 343 g/mol.